The number of amides is 2. The molecule has 1 aromatic carbocycles. The number of carbonyl (C=O) groups is 1. The zero-order valence-electron chi connectivity index (χ0n) is 14.5. The molecule has 2 aliphatic carbocycles. The normalized spacial score (nSPS) is 31.9. The van der Waals surface area contributed by atoms with E-state index in [1.54, 1.807) is 12.0 Å². The number of nitrogens with one attached hydrogen (secondary N) is 1. The number of fused-ring (bicyclic) bond motifs is 2. The van der Waals surface area contributed by atoms with Crippen molar-refractivity contribution in [3.63, 3.8) is 0 Å². The van der Waals surface area contributed by atoms with Gasteiger partial charge >= 0.3 is 6.03 Å². The van der Waals surface area contributed by atoms with Gasteiger partial charge in [0.1, 0.15) is 6.10 Å². The van der Waals surface area contributed by atoms with Gasteiger partial charge in [-0.1, -0.05) is 6.07 Å². The summed E-state index contributed by atoms with van der Waals surface area (Å²) in [5.74, 6) is 3.50. The van der Waals surface area contributed by atoms with Crippen molar-refractivity contribution >= 4 is 6.03 Å². The first kappa shape index (κ1) is 15.6. The number of hydrogen-bond donors (Lipinski definition) is 1. The number of likely N-dealkylation sites (N-methyl/N-ethyl adjacent to an activating group) is 1. The second kappa shape index (κ2) is 6.19. The fraction of sp³-hybridized carbons (Fsp3) is 0.632. The summed E-state index contributed by atoms with van der Waals surface area (Å²) in [5, 5.41) is 2.94. The Morgan fingerprint density at radius 2 is 2.08 bits per heavy atom. The van der Waals surface area contributed by atoms with E-state index in [2.05, 4.69) is 17.4 Å². The molecule has 0 radical (unpaired) electrons. The fourth-order valence-corrected chi connectivity index (χ4v) is 4.58. The van der Waals surface area contributed by atoms with Gasteiger partial charge in [0, 0.05) is 26.1 Å². The Kier molecular flexibility index (Phi) is 4.02. The highest BCUT2D eigenvalue weighted by molar-refractivity contribution is 5.75. The molecular weight excluding hydrogens is 304 g/mol. The van der Waals surface area contributed by atoms with E-state index in [4.69, 9.17) is 9.47 Å². The lowest BCUT2D eigenvalue weighted by Gasteiger charge is -2.31. The molecule has 1 aliphatic heterocycles. The summed E-state index contributed by atoms with van der Waals surface area (Å²) < 4.78 is 11.9. The van der Waals surface area contributed by atoms with Gasteiger partial charge in [0.25, 0.3) is 0 Å². The molecule has 1 heterocycles. The smallest absolute Gasteiger partial charge is 0.317 e. The summed E-state index contributed by atoms with van der Waals surface area (Å²) in [6.45, 7) is 1.40. The van der Waals surface area contributed by atoms with Crippen LogP contribution in [0.1, 0.15) is 37.2 Å². The zero-order valence-corrected chi connectivity index (χ0v) is 14.5. The number of hydrogen-bond acceptors (Lipinski definition) is 3. The number of rotatable bonds is 4. The van der Waals surface area contributed by atoms with Crippen LogP contribution in [0.25, 0.3) is 0 Å². The van der Waals surface area contributed by atoms with E-state index >= 15 is 0 Å². The lowest BCUT2D eigenvalue weighted by molar-refractivity contribution is 0.133. The molecule has 0 aromatic heterocycles. The number of ether oxygens (including phenoxy) is 2. The molecule has 5 heteroatoms. The second-order valence-electron chi connectivity index (χ2n) is 7.50. The third-order valence-corrected chi connectivity index (χ3v) is 5.95. The molecule has 2 unspecified atom stereocenters. The molecule has 4 rings (SSSR count). The Morgan fingerprint density at radius 3 is 2.75 bits per heavy atom. The summed E-state index contributed by atoms with van der Waals surface area (Å²) in [6.07, 6.45) is 5.51. The molecule has 1 saturated heterocycles. The molecule has 2 bridgehead atoms. The first-order valence-electron chi connectivity index (χ1n) is 8.97. The van der Waals surface area contributed by atoms with Crippen molar-refractivity contribution < 1.29 is 14.3 Å². The van der Waals surface area contributed by atoms with Crippen LogP contribution >= 0.6 is 0 Å². The van der Waals surface area contributed by atoms with E-state index in [0.29, 0.717) is 18.6 Å². The SMILES string of the molecule is COc1ccc(C2CNC(=O)N(C)C2)cc1OC1C[C@H]2CC[C@H]1C2. The van der Waals surface area contributed by atoms with Gasteiger partial charge in [-0.2, -0.15) is 0 Å². The van der Waals surface area contributed by atoms with Gasteiger partial charge < -0.3 is 19.7 Å². The van der Waals surface area contributed by atoms with E-state index < -0.39 is 0 Å². The van der Waals surface area contributed by atoms with Crippen molar-refractivity contribution in [3.05, 3.63) is 23.8 Å². The van der Waals surface area contributed by atoms with Crippen molar-refractivity contribution in [2.24, 2.45) is 11.8 Å². The largest absolute Gasteiger partial charge is 0.493 e. The minimum Gasteiger partial charge on any atom is -0.493 e. The second-order valence-corrected chi connectivity index (χ2v) is 7.50. The molecule has 2 saturated carbocycles. The standard InChI is InChI=1S/C19H26N2O3/c1-21-11-15(10-20-19(21)22)13-5-6-16(23-2)18(9-13)24-17-8-12-3-4-14(17)7-12/h5-6,9,12,14-15,17H,3-4,7-8,10-11H2,1-2H3,(H,20,22)/t12-,14-,15?,17?/m0/s1. The summed E-state index contributed by atoms with van der Waals surface area (Å²) in [5.41, 5.74) is 1.20. The lowest BCUT2D eigenvalue weighted by atomic mass is 9.96. The van der Waals surface area contributed by atoms with Crippen molar-refractivity contribution in [1.82, 2.24) is 10.2 Å². The molecule has 1 aromatic rings. The third kappa shape index (κ3) is 2.80. The molecular formula is C19H26N2O3. The molecule has 4 atom stereocenters. The van der Waals surface area contributed by atoms with Gasteiger partial charge in [-0.25, -0.2) is 4.79 Å². The van der Waals surface area contributed by atoms with E-state index in [0.717, 1.165) is 24.0 Å². The zero-order chi connectivity index (χ0) is 16.7. The number of benzene rings is 1. The quantitative estimate of drug-likeness (QED) is 0.923. The lowest BCUT2D eigenvalue weighted by Crippen LogP contribution is -2.48. The van der Waals surface area contributed by atoms with Crippen molar-refractivity contribution in [1.29, 1.82) is 0 Å². The average Bonchev–Trinajstić information content (AvgIpc) is 3.20. The summed E-state index contributed by atoms with van der Waals surface area (Å²) in [7, 11) is 3.52. The highest BCUT2D eigenvalue weighted by Gasteiger charge is 2.41. The molecule has 3 fully saturated rings. The van der Waals surface area contributed by atoms with Crippen molar-refractivity contribution in [2.45, 2.75) is 37.7 Å². The van der Waals surface area contributed by atoms with Crippen molar-refractivity contribution in [2.75, 3.05) is 27.2 Å². The van der Waals surface area contributed by atoms with E-state index in [9.17, 15) is 4.79 Å². The molecule has 0 spiro atoms. The van der Waals surface area contributed by atoms with Crippen LogP contribution in [-0.2, 0) is 0 Å². The predicted octanol–water partition coefficient (Wildman–Crippen LogP) is 3.00. The topological polar surface area (TPSA) is 50.8 Å². The molecule has 5 nitrogen and oxygen atoms in total. The van der Waals surface area contributed by atoms with Crippen LogP contribution < -0.4 is 14.8 Å². The van der Waals surface area contributed by atoms with Gasteiger partial charge in [0.2, 0.25) is 0 Å². The van der Waals surface area contributed by atoms with Crippen LogP contribution in [-0.4, -0.2) is 44.3 Å². The molecule has 3 aliphatic rings. The molecule has 24 heavy (non-hydrogen) atoms. The van der Waals surface area contributed by atoms with Crippen LogP contribution in [0.2, 0.25) is 0 Å². The van der Waals surface area contributed by atoms with Gasteiger partial charge in [-0.3, -0.25) is 0 Å². The number of urea groups is 1. The van der Waals surface area contributed by atoms with E-state index in [-0.39, 0.29) is 11.9 Å². The Bertz CT molecular complexity index is 633. The van der Waals surface area contributed by atoms with Gasteiger partial charge in [-0.15, -0.1) is 0 Å². The van der Waals surface area contributed by atoms with Gasteiger partial charge in [-0.05, 0) is 55.2 Å². The molecule has 130 valence electrons. The van der Waals surface area contributed by atoms with Gasteiger partial charge in [0.05, 0.1) is 7.11 Å². The molecule has 1 N–H and O–H groups in total. The van der Waals surface area contributed by atoms with Crippen LogP contribution in [0, 0.1) is 11.8 Å². The maximum Gasteiger partial charge on any atom is 0.317 e. The Hall–Kier alpha value is -1.91. The van der Waals surface area contributed by atoms with E-state index in [1.165, 1.54) is 31.2 Å². The average molecular weight is 330 g/mol. The predicted molar refractivity (Wildman–Crippen MR) is 91.6 cm³/mol. The van der Waals surface area contributed by atoms with Gasteiger partial charge in [0.15, 0.2) is 11.5 Å². The van der Waals surface area contributed by atoms with Crippen LogP contribution in [0.4, 0.5) is 4.79 Å². The number of methoxy groups -OCH3 is 1. The van der Waals surface area contributed by atoms with Crippen LogP contribution in [0.15, 0.2) is 18.2 Å². The Labute approximate surface area is 143 Å². The van der Waals surface area contributed by atoms with E-state index in [1.807, 2.05) is 13.1 Å². The summed E-state index contributed by atoms with van der Waals surface area (Å²) in [4.78, 5) is 13.3. The summed E-state index contributed by atoms with van der Waals surface area (Å²) in [6, 6.07) is 6.19. The first-order chi connectivity index (χ1) is 11.6. The Morgan fingerprint density at radius 1 is 1.21 bits per heavy atom. The number of carbonyl (C=O) groups excluding carboxylic acids is 1. The first-order valence-corrected chi connectivity index (χ1v) is 8.97. The third-order valence-electron chi connectivity index (χ3n) is 5.95. The minimum atomic E-state index is -0.00165. The van der Waals surface area contributed by atoms with Crippen molar-refractivity contribution in [3.8, 4) is 11.5 Å². The highest BCUT2D eigenvalue weighted by atomic mass is 16.5. The van der Waals surface area contributed by atoms with Crippen LogP contribution in [0.5, 0.6) is 11.5 Å². The molecule has 2 amide bonds. The maximum atomic E-state index is 11.6. The van der Waals surface area contributed by atoms with Crippen LogP contribution in [0.3, 0.4) is 0 Å². The number of nitrogens with zero attached hydrogens (tertiary/aromatic N) is 1. The maximum absolute atomic E-state index is 11.6. The summed E-state index contributed by atoms with van der Waals surface area (Å²) >= 11 is 0. The monoisotopic (exact) mass is 330 g/mol. The fourth-order valence-electron chi connectivity index (χ4n) is 4.58. The highest BCUT2D eigenvalue weighted by Crippen LogP contribution is 2.47. The Balaban J connectivity index is 1.53. The minimum absolute atomic E-state index is 0.00165.